The monoisotopic (exact) mass is 519 g/mol. The minimum atomic E-state index is 0. The molecule has 1 aliphatic heterocycles. The van der Waals surface area contributed by atoms with Gasteiger partial charge in [-0.05, 0) is 35.4 Å². The smallest absolute Gasteiger partial charge is 0.253 e. The average molecular weight is 519 g/mol. The van der Waals surface area contributed by atoms with Crippen LogP contribution >= 0.6 is 24.0 Å². The topological polar surface area (TPSA) is 60.0 Å². The maximum atomic E-state index is 12.0. The van der Waals surface area contributed by atoms with Gasteiger partial charge in [-0.2, -0.15) is 0 Å². The van der Waals surface area contributed by atoms with Crippen LogP contribution < -0.4 is 15.5 Å². The van der Waals surface area contributed by atoms with Crippen molar-refractivity contribution in [3.8, 4) is 0 Å². The van der Waals surface area contributed by atoms with Crippen LogP contribution in [0.3, 0.4) is 0 Å². The van der Waals surface area contributed by atoms with E-state index in [2.05, 4.69) is 56.9 Å². The zero-order chi connectivity index (χ0) is 20.6. The number of benzene rings is 2. The van der Waals surface area contributed by atoms with Crippen molar-refractivity contribution in [1.29, 1.82) is 0 Å². The number of rotatable bonds is 6. The molecule has 0 saturated heterocycles. The lowest BCUT2D eigenvalue weighted by molar-refractivity contribution is 0.0827. The normalized spacial score (nSPS) is 13.0. The van der Waals surface area contributed by atoms with Crippen LogP contribution in [-0.2, 0) is 13.1 Å². The number of hydrogen-bond donors (Lipinski definition) is 2. The highest BCUT2D eigenvalue weighted by Crippen LogP contribution is 2.18. The third-order valence-electron chi connectivity index (χ3n) is 4.84. The van der Waals surface area contributed by atoms with Gasteiger partial charge in [0.05, 0.1) is 0 Å². The predicted octanol–water partition coefficient (Wildman–Crippen LogP) is 3.25. The van der Waals surface area contributed by atoms with E-state index in [9.17, 15) is 4.79 Å². The van der Waals surface area contributed by atoms with Crippen LogP contribution in [0.4, 0.5) is 5.69 Å². The van der Waals surface area contributed by atoms with Crippen molar-refractivity contribution in [1.82, 2.24) is 15.5 Å². The second-order valence-electron chi connectivity index (χ2n) is 7.22. The second kappa shape index (κ2) is 11.6. The van der Waals surface area contributed by atoms with Gasteiger partial charge in [-0.25, -0.2) is 0 Å². The van der Waals surface area contributed by atoms with E-state index in [0.717, 1.165) is 24.6 Å². The van der Waals surface area contributed by atoms with Gasteiger partial charge >= 0.3 is 0 Å². The summed E-state index contributed by atoms with van der Waals surface area (Å²) in [4.78, 5) is 20.2. The molecular weight excluding hydrogens is 489 g/mol. The fourth-order valence-corrected chi connectivity index (χ4v) is 3.17. The molecule has 30 heavy (non-hydrogen) atoms. The van der Waals surface area contributed by atoms with Gasteiger partial charge in [-0.1, -0.05) is 36.4 Å². The van der Waals surface area contributed by atoms with Crippen LogP contribution in [0.1, 0.15) is 21.5 Å². The van der Waals surface area contributed by atoms with E-state index in [1.807, 2.05) is 24.3 Å². The van der Waals surface area contributed by atoms with Crippen molar-refractivity contribution in [2.75, 3.05) is 39.1 Å². The maximum absolute atomic E-state index is 12.0. The standard InChI is InChI=1S/C23H29N5O.HI/c1-24-23(25-16-18-9-11-20(12-10-18)22(29)27(2)3)26-17-19-7-6-8-21(15-19)28-13-4-5-14-28;/h4-12,15H,13-14,16-17H2,1-3H3,(H2,24,25,26);1H. The number of amides is 1. The predicted molar refractivity (Wildman–Crippen MR) is 135 cm³/mol. The van der Waals surface area contributed by atoms with Gasteiger partial charge in [-0.15, -0.1) is 24.0 Å². The molecule has 0 aliphatic carbocycles. The van der Waals surface area contributed by atoms with E-state index >= 15 is 0 Å². The molecule has 1 heterocycles. The number of nitrogens with zero attached hydrogens (tertiary/aromatic N) is 3. The summed E-state index contributed by atoms with van der Waals surface area (Å²) in [5.74, 6) is 0.751. The van der Waals surface area contributed by atoms with E-state index in [1.165, 1.54) is 11.3 Å². The Labute approximate surface area is 196 Å². The molecule has 6 nitrogen and oxygen atoms in total. The number of hydrogen-bond acceptors (Lipinski definition) is 3. The Morgan fingerprint density at radius 2 is 1.63 bits per heavy atom. The summed E-state index contributed by atoms with van der Waals surface area (Å²) in [6, 6.07) is 16.2. The summed E-state index contributed by atoms with van der Waals surface area (Å²) >= 11 is 0. The van der Waals surface area contributed by atoms with Crippen molar-refractivity contribution in [3.63, 3.8) is 0 Å². The van der Waals surface area contributed by atoms with Gasteiger partial charge in [-0.3, -0.25) is 9.79 Å². The van der Waals surface area contributed by atoms with Gasteiger partial charge < -0.3 is 20.4 Å². The number of nitrogens with one attached hydrogen (secondary N) is 2. The summed E-state index contributed by atoms with van der Waals surface area (Å²) < 4.78 is 0. The average Bonchev–Trinajstić information content (AvgIpc) is 3.29. The Morgan fingerprint density at radius 3 is 2.23 bits per heavy atom. The first kappa shape index (κ1) is 23.7. The van der Waals surface area contributed by atoms with E-state index in [0.29, 0.717) is 18.7 Å². The largest absolute Gasteiger partial charge is 0.364 e. The van der Waals surface area contributed by atoms with Crippen LogP contribution in [0.2, 0.25) is 0 Å². The highest BCUT2D eigenvalue weighted by molar-refractivity contribution is 14.0. The van der Waals surface area contributed by atoms with Gasteiger partial charge in [0, 0.05) is 58.6 Å². The molecule has 2 aromatic carbocycles. The molecule has 3 rings (SSSR count). The number of anilines is 1. The van der Waals surface area contributed by atoms with Gasteiger partial charge in [0.2, 0.25) is 0 Å². The van der Waals surface area contributed by atoms with Crippen molar-refractivity contribution < 1.29 is 4.79 Å². The number of carbonyl (C=O) groups excluding carboxylic acids is 1. The molecule has 1 aliphatic rings. The highest BCUT2D eigenvalue weighted by atomic mass is 127. The highest BCUT2D eigenvalue weighted by Gasteiger charge is 2.09. The lowest BCUT2D eigenvalue weighted by Gasteiger charge is -2.19. The zero-order valence-electron chi connectivity index (χ0n) is 17.8. The molecule has 0 fully saturated rings. The van der Waals surface area contributed by atoms with E-state index < -0.39 is 0 Å². The molecule has 0 aromatic heterocycles. The van der Waals surface area contributed by atoms with Gasteiger partial charge in [0.15, 0.2) is 5.96 Å². The quantitative estimate of drug-likeness (QED) is 0.266. The Morgan fingerprint density at radius 1 is 1.00 bits per heavy atom. The van der Waals surface area contributed by atoms with E-state index in [1.54, 1.807) is 26.0 Å². The first-order chi connectivity index (χ1) is 14.1. The zero-order valence-corrected chi connectivity index (χ0v) is 20.1. The maximum Gasteiger partial charge on any atom is 0.253 e. The van der Waals surface area contributed by atoms with E-state index in [-0.39, 0.29) is 29.9 Å². The van der Waals surface area contributed by atoms with Crippen LogP contribution in [0.25, 0.3) is 0 Å². The Bertz CT molecular complexity index is 885. The Balaban J connectivity index is 0.00000320. The summed E-state index contributed by atoms with van der Waals surface area (Å²) in [7, 11) is 5.27. The minimum absolute atomic E-state index is 0. The fourth-order valence-electron chi connectivity index (χ4n) is 3.17. The number of aliphatic imine (C=N–C) groups is 1. The lowest BCUT2D eigenvalue weighted by Crippen LogP contribution is -2.36. The third-order valence-corrected chi connectivity index (χ3v) is 4.84. The molecule has 0 unspecified atom stereocenters. The molecule has 2 N–H and O–H groups in total. The summed E-state index contributed by atoms with van der Waals surface area (Å²) in [6.07, 6.45) is 4.39. The van der Waals surface area contributed by atoms with Gasteiger partial charge in [0.25, 0.3) is 5.91 Å². The SMILES string of the molecule is CN=C(NCc1ccc(C(=O)N(C)C)cc1)NCc1cccc(N2CC=CC2)c1.I. The first-order valence-corrected chi connectivity index (χ1v) is 9.81. The second-order valence-corrected chi connectivity index (χ2v) is 7.22. The molecule has 7 heteroatoms. The molecular formula is C23H30IN5O. The van der Waals surface area contributed by atoms with Crippen LogP contribution in [-0.4, -0.2) is 51.0 Å². The number of halogens is 1. The molecule has 0 spiro atoms. The minimum Gasteiger partial charge on any atom is -0.364 e. The van der Waals surface area contributed by atoms with Crippen LogP contribution in [0.15, 0.2) is 65.7 Å². The van der Waals surface area contributed by atoms with Crippen molar-refractivity contribution >= 4 is 41.5 Å². The summed E-state index contributed by atoms with van der Waals surface area (Å²) in [6.45, 7) is 3.28. The first-order valence-electron chi connectivity index (χ1n) is 9.81. The number of carbonyl (C=O) groups is 1. The molecule has 0 saturated carbocycles. The molecule has 0 radical (unpaired) electrons. The number of guanidine groups is 1. The molecule has 2 aromatic rings. The molecule has 1 amide bonds. The van der Waals surface area contributed by atoms with Gasteiger partial charge in [0.1, 0.15) is 0 Å². The molecule has 0 bridgehead atoms. The van der Waals surface area contributed by atoms with E-state index in [4.69, 9.17) is 0 Å². The Kier molecular flexibility index (Phi) is 9.16. The van der Waals surface area contributed by atoms with Crippen molar-refractivity contribution in [2.24, 2.45) is 4.99 Å². The summed E-state index contributed by atoms with van der Waals surface area (Å²) in [5.41, 5.74) is 4.23. The van der Waals surface area contributed by atoms with Crippen LogP contribution in [0, 0.1) is 0 Å². The van der Waals surface area contributed by atoms with Crippen molar-refractivity contribution in [3.05, 3.63) is 77.4 Å². The third kappa shape index (κ3) is 6.48. The van der Waals surface area contributed by atoms with Crippen LogP contribution in [0.5, 0.6) is 0 Å². The molecule has 160 valence electrons. The Hall–Kier alpha value is -2.55. The van der Waals surface area contributed by atoms with Crippen molar-refractivity contribution in [2.45, 2.75) is 13.1 Å². The lowest BCUT2D eigenvalue weighted by atomic mass is 10.1. The summed E-state index contributed by atoms with van der Waals surface area (Å²) in [5, 5.41) is 6.68. The fraction of sp³-hybridized carbons (Fsp3) is 0.304. The molecule has 0 atom stereocenters.